The summed E-state index contributed by atoms with van der Waals surface area (Å²) in [5.74, 6) is 1.13. The molecule has 0 aliphatic carbocycles. The van der Waals surface area contributed by atoms with Crippen molar-refractivity contribution in [2.24, 2.45) is 20.6 Å². The molecule has 0 N–H and O–H groups in total. The maximum absolute atomic E-state index is 15.5. The number of aromatic nitrogens is 2. The lowest BCUT2D eigenvalue weighted by Crippen LogP contribution is -2.04. The molecule has 0 saturated carbocycles. The van der Waals surface area contributed by atoms with Crippen molar-refractivity contribution in [3.63, 3.8) is 0 Å². The highest BCUT2D eigenvalue weighted by atomic mass is 32.1. The predicted octanol–water partition coefficient (Wildman–Crippen LogP) is 13.9. The molecule has 8 heteroatoms. The fraction of sp³-hybridized carbons (Fsp3) is 0.349. The molecule has 1 aliphatic heterocycles. The molecule has 4 aromatic carbocycles. The van der Waals surface area contributed by atoms with Gasteiger partial charge in [0.05, 0.1) is 16.9 Å². The van der Waals surface area contributed by atoms with Crippen LogP contribution in [0.3, 0.4) is 0 Å². The summed E-state index contributed by atoms with van der Waals surface area (Å²) in [7, 11) is 0. The number of nitrogens with zero attached hydrogens (tertiary/aromatic N) is 4. The largest absolute Gasteiger partial charge is 0.243 e. The first-order valence-corrected chi connectivity index (χ1v) is 20.0. The van der Waals surface area contributed by atoms with E-state index in [1.54, 1.807) is 17.4 Å². The van der Waals surface area contributed by atoms with Crippen LogP contribution >= 0.6 is 11.3 Å². The van der Waals surface area contributed by atoms with E-state index in [1.165, 1.54) is 65.9 Å². The molecule has 0 amide bonds. The van der Waals surface area contributed by atoms with Crippen LogP contribution in [0.2, 0.25) is 0 Å². The van der Waals surface area contributed by atoms with Crippen LogP contribution in [0, 0.1) is 17.7 Å². The highest BCUT2D eigenvalue weighted by Gasteiger charge is 2.28. The molecule has 5 nitrogen and oxygen atoms in total. The number of fused-ring (bicyclic) bond motifs is 2. The van der Waals surface area contributed by atoms with Crippen molar-refractivity contribution in [2.75, 3.05) is 0 Å². The molecule has 3 heterocycles. The van der Waals surface area contributed by atoms with Crippen molar-refractivity contribution in [1.29, 1.82) is 0 Å². The Bertz CT molecular complexity index is 2190. The first-order chi connectivity index (χ1) is 25.0. The number of unbranched alkanes of at least 4 members (excludes halogenated alkanes) is 2. The lowest BCUT2D eigenvalue weighted by Gasteiger charge is -2.15. The third-order valence-corrected chi connectivity index (χ3v) is 12.2. The molecule has 0 fully saturated rings. The summed E-state index contributed by atoms with van der Waals surface area (Å²) < 4.78 is 30.4. The van der Waals surface area contributed by atoms with E-state index in [2.05, 4.69) is 80.5 Å². The molecule has 1 atom stereocenters. The van der Waals surface area contributed by atoms with E-state index in [0.29, 0.717) is 22.5 Å². The van der Waals surface area contributed by atoms with E-state index >= 15 is 4.39 Å². The van der Waals surface area contributed by atoms with Crippen LogP contribution in [0.5, 0.6) is 0 Å². The number of hydrogen-bond acceptors (Lipinski definition) is 6. The summed E-state index contributed by atoms with van der Waals surface area (Å²) in [6, 6.07) is 26.9. The molecule has 2 aromatic heterocycles. The van der Waals surface area contributed by atoms with Gasteiger partial charge in [0.15, 0.2) is 0 Å². The molecule has 51 heavy (non-hydrogen) atoms. The van der Waals surface area contributed by atoms with E-state index in [0.717, 1.165) is 69.2 Å². The zero-order valence-electron chi connectivity index (χ0n) is 29.9. The third-order valence-electron chi connectivity index (χ3n) is 10.5. The average Bonchev–Trinajstić information content (AvgIpc) is 3.95. The number of hydrogen-bond donors (Lipinski definition) is 0. The lowest BCUT2D eigenvalue weighted by atomic mass is 9.90. The molecule has 6 aromatic rings. The minimum absolute atomic E-state index is 0.185. The van der Waals surface area contributed by atoms with E-state index in [-0.39, 0.29) is 5.82 Å². The monoisotopic (exact) mass is 716 g/mol. The Labute approximate surface area is 308 Å². The zero-order valence-corrected chi connectivity index (χ0v) is 31.5. The van der Waals surface area contributed by atoms with Gasteiger partial charge >= 0.3 is 0 Å². The van der Waals surface area contributed by atoms with Gasteiger partial charge in [-0.3, -0.25) is 0 Å². The smallest absolute Gasteiger partial charge is 0.146 e. The fourth-order valence-electron chi connectivity index (χ4n) is 7.31. The third kappa shape index (κ3) is 7.40. The maximum Gasteiger partial charge on any atom is 0.146 e. The Morgan fingerprint density at radius 1 is 0.627 bits per heavy atom. The van der Waals surface area contributed by atoms with E-state index < -0.39 is 0 Å². The Morgan fingerprint density at radius 3 is 1.92 bits per heavy atom. The first-order valence-electron chi connectivity index (χ1n) is 18.5. The van der Waals surface area contributed by atoms with Crippen LogP contribution in [0.25, 0.3) is 54.2 Å². The number of thiophene rings is 1. The predicted molar refractivity (Wildman–Crippen MR) is 212 cm³/mol. The average molecular weight is 717 g/mol. The molecular weight excluding hydrogens is 672 g/mol. The van der Waals surface area contributed by atoms with Crippen molar-refractivity contribution in [1.82, 2.24) is 10.3 Å². The molecule has 0 saturated heterocycles. The van der Waals surface area contributed by atoms with Gasteiger partial charge in [-0.2, -0.15) is 8.73 Å². The van der Waals surface area contributed by atoms with Gasteiger partial charge in [-0.25, -0.2) is 9.02 Å². The summed E-state index contributed by atoms with van der Waals surface area (Å²) in [5, 5.41) is 8.76. The van der Waals surface area contributed by atoms with Crippen molar-refractivity contribution in [2.45, 2.75) is 85.5 Å². The first kappa shape index (κ1) is 35.1. The molecule has 7 rings (SSSR count). The summed E-state index contributed by atoms with van der Waals surface area (Å²) in [4.78, 5) is 2.22. The summed E-state index contributed by atoms with van der Waals surface area (Å²) in [5.41, 5.74) is 10.5. The quantitative estimate of drug-likeness (QED) is 0.0992. The Balaban J connectivity index is 1.16. The van der Waals surface area contributed by atoms with Crippen LogP contribution in [-0.4, -0.2) is 10.3 Å². The van der Waals surface area contributed by atoms with Gasteiger partial charge in [-0.15, -0.1) is 11.3 Å². The molecular formula is C43H45FN4OS2. The molecule has 1 aliphatic rings. The van der Waals surface area contributed by atoms with Crippen molar-refractivity contribution < 1.29 is 9.02 Å². The minimum Gasteiger partial charge on any atom is -0.243 e. The summed E-state index contributed by atoms with van der Waals surface area (Å²) >= 11 is 2.89. The minimum atomic E-state index is -0.185. The molecule has 262 valence electrons. The van der Waals surface area contributed by atoms with Gasteiger partial charge in [-0.05, 0) is 81.0 Å². The Kier molecular flexibility index (Phi) is 11.0. The van der Waals surface area contributed by atoms with Crippen LogP contribution in [0.1, 0.15) is 83.8 Å². The van der Waals surface area contributed by atoms with Crippen molar-refractivity contribution in [3.8, 4) is 43.1 Å². The van der Waals surface area contributed by atoms with Crippen LogP contribution in [0.15, 0.2) is 92.2 Å². The van der Waals surface area contributed by atoms with E-state index in [9.17, 15) is 0 Å². The molecule has 1 unspecified atom stereocenters. The second kappa shape index (κ2) is 16.0. The summed E-state index contributed by atoms with van der Waals surface area (Å²) in [6.07, 6.45) is 10.5. The topological polar surface area (TPSA) is 63.6 Å². The molecule has 0 radical (unpaired) electrons. The zero-order chi connectivity index (χ0) is 35.3. The molecule has 0 spiro atoms. The van der Waals surface area contributed by atoms with Crippen LogP contribution < -0.4 is 0 Å². The van der Waals surface area contributed by atoms with Gasteiger partial charge in [0.2, 0.25) is 0 Å². The van der Waals surface area contributed by atoms with Gasteiger partial charge in [-0.1, -0.05) is 133 Å². The highest BCUT2D eigenvalue weighted by molar-refractivity contribution is 7.58. The van der Waals surface area contributed by atoms with E-state index in [1.807, 2.05) is 30.3 Å². The second-order valence-electron chi connectivity index (χ2n) is 13.8. The number of rotatable bonds is 15. The van der Waals surface area contributed by atoms with Crippen molar-refractivity contribution >= 4 is 45.1 Å². The van der Waals surface area contributed by atoms with Gasteiger partial charge in [0.1, 0.15) is 28.2 Å². The lowest BCUT2D eigenvalue weighted by molar-refractivity contribution is 0.315. The fourth-order valence-corrected chi connectivity index (χ4v) is 8.93. The molecule has 0 bridgehead atoms. The summed E-state index contributed by atoms with van der Waals surface area (Å²) in [6.45, 7) is 9.02. The normalized spacial score (nSPS) is 12.9. The van der Waals surface area contributed by atoms with E-state index in [4.69, 9.17) is 13.4 Å². The van der Waals surface area contributed by atoms with Crippen LogP contribution in [-0.2, 0) is 24.2 Å². The Morgan fingerprint density at radius 2 is 1.24 bits per heavy atom. The van der Waals surface area contributed by atoms with Gasteiger partial charge < -0.3 is 0 Å². The van der Waals surface area contributed by atoms with Gasteiger partial charge in [0.25, 0.3) is 0 Å². The van der Waals surface area contributed by atoms with Gasteiger partial charge in [0, 0.05) is 20.9 Å². The maximum atomic E-state index is 15.5. The van der Waals surface area contributed by atoms with Crippen molar-refractivity contribution in [3.05, 3.63) is 95.8 Å². The number of benzene rings is 4. The second-order valence-corrected chi connectivity index (χ2v) is 15.4. The Hall–Kier alpha value is -4.27. The highest BCUT2D eigenvalue weighted by Crippen LogP contribution is 2.53. The standard InChI is InChI=1S/C43H45FN4OS2/c1-5-9-10-11-28(8-4)25-30-14-21-34(35(44)26-30)31-17-19-33(20-18-31)38-40-41(46-49-45-40)39(43-42(38)47-51-48-43)37-23-22-36(50-37)32-15-12-29(13-16-32)24-27(6-2)7-3/h12-23,26-28H,5-11,24-25H2,1-4H3. The number of halogens is 1. The van der Waals surface area contributed by atoms with Crippen LogP contribution in [0.4, 0.5) is 15.8 Å². The SMILES string of the molecule is CCCCCC(CC)Cc1ccc(-c2ccc(-c3c4c(c(-c5ccc(-c6ccc(CC(CC)CC)cc6)s5)c5nonc35)N=S=N4)cc2)c(F)c1.